The molecule has 1 aromatic rings. The summed E-state index contributed by atoms with van der Waals surface area (Å²) in [6.45, 7) is 2.21. The first kappa shape index (κ1) is 23.2. The van der Waals surface area contributed by atoms with Crippen LogP contribution in [0.1, 0.15) is 37.7 Å². The number of rotatable bonds is 7. The molecule has 2 bridgehead atoms. The quantitative estimate of drug-likeness (QED) is 0.732. The van der Waals surface area contributed by atoms with Gasteiger partial charge in [-0.05, 0) is 56.3 Å². The van der Waals surface area contributed by atoms with Crippen LogP contribution in [0.3, 0.4) is 0 Å². The Kier molecular flexibility index (Phi) is 9.86. The van der Waals surface area contributed by atoms with Gasteiger partial charge in [0.1, 0.15) is 5.82 Å². The summed E-state index contributed by atoms with van der Waals surface area (Å²) in [6, 6.07) is 7.85. The lowest BCUT2D eigenvalue weighted by atomic mass is 9.89. The SMILES string of the molecule is CN(CCNC(=O)CC1CC2CCC(C1)N2)Cc1ccc(F)cc1.Cl.Cl. The van der Waals surface area contributed by atoms with Crippen molar-refractivity contribution in [2.24, 2.45) is 5.92 Å². The van der Waals surface area contributed by atoms with Crippen LogP contribution in [-0.2, 0) is 11.3 Å². The second-order valence-corrected chi connectivity index (χ2v) is 7.39. The van der Waals surface area contributed by atoms with E-state index in [1.165, 1.54) is 25.0 Å². The van der Waals surface area contributed by atoms with Gasteiger partial charge in [-0.15, -0.1) is 24.8 Å². The van der Waals surface area contributed by atoms with Crippen molar-refractivity contribution in [1.82, 2.24) is 15.5 Å². The molecule has 2 heterocycles. The summed E-state index contributed by atoms with van der Waals surface area (Å²) in [6.07, 6.45) is 5.51. The van der Waals surface area contributed by atoms with Crippen LogP contribution in [0.5, 0.6) is 0 Å². The van der Waals surface area contributed by atoms with Crippen molar-refractivity contribution in [2.45, 2.75) is 50.7 Å². The first-order valence-corrected chi connectivity index (χ1v) is 9.04. The van der Waals surface area contributed by atoms with Crippen molar-refractivity contribution in [3.05, 3.63) is 35.6 Å². The molecule has 0 radical (unpaired) electrons. The van der Waals surface area contributed by atoms with Gasteiger partial charge in [0.05, 0.1) is 0 Å². The van der Waals surface area contributed by atoms with Gasteiger partial charge >= 0.3 is 0 Å². The van der Waals surface area contributed by atoms with E-state index in [-0.39, 0.29) is 36.5 Å². The molecule has 1 aromatic carbocycles. The second kappa shape index (κ2) is 11.1. The Morgan fingerprint density at radius 1 is 1.19 bits per heavy atom. The standard InChI is InChI=1S/C19H28FN3O.2ClH/c1-23(13-14-2-4-16(20)5-3-14)9-8-21-19(24)12-15-10-17-6-7-18(11-15)22-17;;/h2-5,15,17-18,22H,6-13H2,1H3,(H,21,24);2*1H. The normalized spacial score (nSPS) is 23.9. The number of nitrogens with one attached hydrogen (secondary N) is 2. The van der Waals surface area contributed by atoms with E-state index in [4.69, 9.17) is 0 Å². The largest absolute Gasteiger partial charge is 0.355 e. The van der Waals surface area contributed by atoms with Gasteiger partial charge < -0.3 is 15.5 Å². The molecule has 2 aliphatic rings. The van der Waals surface area contributed by atoms with Gasteiger partial charge in [-0.2, -0.15) is 0 Å². The maximum Gasteiger partial charge on any atom is 0.220 e. The highest BCUT2D eigenvalue weighted by molar-refractivity contribution is 5.85. The number of hydrogen-bond acceptors (Lipinski definition) is 3. The smallest absolute Gasteiger partial charge is 0.220 e. The third kappa shape index (κ3) is 7.03. The molecule has 2 atom stereocenters. The van der Waals surface area contributed by atoms with Gasteiger partial charge in [-0.25, -0.2) is 4.39 Å². The maximum absolute atomic E-state index is 12.9. The van der Waals surface area contributed by atoms with Crippen LogP contribution < -0.4 is 10.6 Å². The van der Waals surface area contributed by atoms with Crippen molar-refractivity contribution >= 4 is 30.7 Å². The molecular weight excluding hydrogens is 376 g/mol. The molecule has 148 valence electrons. The number of amides is 1. The van der Waals surface area contributed by atoms with Crippen molar-refractivity contribution in [1.29, 1.82) is 0 Å². The second-order valence-electron chi connectivity index (χ2n) is 7.39. The van der Waals surface area contributed by atoms with Crippen LogP contribution in [0.4, 0.5) is 4.39 Å². The molecule has 2 fully saturated rings. The van der Waals surface area contributed by atoms with Crippen molar-refractivity contribution in [2.75, 3.05) is 20.1 Å². The number of halogens is 3. The van der Waals surface area contributed by atoms with Gasteiger partial charge in [0, 0.05) is 38.1 Å². The highest BCUT2D eigenvalue weighted by atomic mass is 35.5. The average molecular weight is 406 g/mol. The van der Waals surface area contributed by atoms with E-state index in [0.717, 1.165) is 31.5 Å². The van der Waals surface area contributed by atoms with Crippen LogP contribution in [-0.4, -0.2) is 43.0 Å². The van der Waals surface area contributed by atoms with Crippen LogP contribution in [0, 0.1) is 11.7 Å². The molecule has 0 aliphatic carbocycles. The average Bonchev–Trinajstić information content (AvgIpc) is 2.88. The van der Waals surface area contributed by atoms with E-state index >= 15 is 0 Å². The molecule has 7 heteroatoms. The zero-order chi connectivity index (χ0) is 16.9. The zero-order valence-corrected chi connectivity index (χ0v) is 16.9. The molecule has 4 nitrogen and oxygen atoms in total. The molecule has 2 aliphatic heterocycles. The summed E-state index contributed by atoms with van der Waals surface area (Å²) in [5.41, 5.74) is 1.08. The zero-order valence-electron chi connectivity index (χ0n) is 15.2. The van der Waals surface area contributed by atoms with E-state index in [9.17, 15) is 9.18 Å². The minimum atomic E-state index is -0.208. The van der Waals surface area contributed by atoms with E-state index in [1.807, 2.05) is 7.05 Å². The molecular formula is C19H30Cl2FN3O. The third-order valence-corrected chi connectivity index (χ3v) is 5.23. The fraction of sp³-hybridized carbons (Fsp3) is 0.632. The van der Waals surface area contributed by atoms with Crippen LogP contribution in [0.25, 0.3) is 0 Å². The predicted octanol–water partition coefficient (Wildman–Crippen LogP) is 3.14. The molecule has 1 amide bonds. The molecule has 2 saturated heterocycles. The summed E-state index contributed by atoms with van der Waals surface area (Å²) < 4.78 is 12.9. The Morgan fingerprint density at radius 3 is 2.42 bits per heavy atom. The number of hydrogen-bond donors (Lipinski definition) is 2. The molecule has 2 N–H and O–H groups in total. The Morgan fingerprint density at radius 2 is 1.81 bits per heavy atom. The Labute approximate surface area is 168 Å². The molecule has 26 heavy (non-hydrogen) atoms. The summed E-state index contributed by atoms with van der Waals surface area (Å²) in [7, 11) is 2.01. The number of nitrogens with zero attached hydrogens (tertiary/aromatic N) is 1. The molecule has 3 rings (SSSR count). The lowest BCUT2D eigenvalue weighted by Crippen LogP contribution is -2.40. The minimum Gasteiger partial charge on any atom is -0.355 e. The summed E-state index contributed by atoms with van der Waals surface area (Å²) in [5, 5.41) is 6.66. The summed E-state index contributed by atoms with van der Waals surface area (Å²) in [5.74, 6) is 0.511. The van der Waals surface area contributed by atoms with Crippen molar-refractivity contribution in [3.63, 3.8) is 0 Å². The first-order valence-electron chi connectivity index (χ1n) is 9.04. The lowest BCUT2D eigenvalue weighted by Gasteiger charge is -2.28. The number of carbonyl (C=O) groups excluding carboxylic acids is 1. The molecule has 2 unspecified atom stereocenters. The van der Waals surface area contributed by atoms with Gasteiger partial charge in [-0.3, -0.25) is 4.79 Å². The van der Waals surface area contributed by atoms with Gasteiger partial charge in [-0.1, -0.05) is 12.1 Å². The monoisotopic (exact) mass is 405 g/mol. The topological polar surface area (TPSA) is 44.4 Å². The Balaban J connectivity index is 0.00000169. The van der Waals surface area contributed by atoms with Gasteiger partial charge in [0.15, 0.2) is 0 Å². The van der Waals surface area contributed by atoms with Crippen LogP contribution in [0.2, 0.25) is 0 Å². The predicted molar refractivity (Wildman–Crippen MR) is 108 cm³/mol. The summed E-state index contributed by atoms with van der Waals surface area (Å²) >= 11 is 0. The van der Waals surface area contributed by atoms with E-state index in [0.29, 0.717) is 31.0 Å². The number of piperidine rings is 1. The maximum atomic E-state index is 12.9. The lowest BCUT2D eigenvalue weighted by molar-refractivity contribution is -0.122. The molecule has 0 spiro atoms. The van der Waals surface area contributed by atoms with E-state index in [2.05, 4.69) is 15.5 Å². The number of carbonyl (C=O) groups is 1. The van der Waals surface area contributed by atoms with Gasteiger partial charge in [0.25, 0.3) is 0 Å². The van der Waals surface area contributed by atoms with Crippen LogP contribution in [0.15, 0.2) is 24.3 Å². The van der Waals surface area contributed by atoms with E-state index < -0.39 is 0 Å². The molecule has 0 aromatic heterocycles. The Bertz CT molecular complexity index is 546. The number of likely N-dealkylation sites (N-methyl/N-ethyl adjacent to an activating group) is 1. The minimum absolute atomic E-state index is 0. The summed E-state index contributed by atoms with van der Waals surface area (Å²) in [4.78, 5) is 14.3. The van der Waals surface area contributed by atoms with Crippen molar-refractivity contribution in [3.8, 4) is 0 Å². The Hall–Kier alpha value is -0.880. The fourth-order valence-electron chi connectivity index (χ4n) is 4.04. The highest BCUT2D eigenvalue weighted by Gasteiger charge is 2.34. The number of fused-ring (bicyclic) bond motifs is 2. The fourth-order valence-corrected chi connectivity index (χ4v) is 4.04. The highest BCUT2D eigenvalue weighted by Crippen LogP contribution is 2.32. The number of benzene rings is 1. The first-order chi connectivity index (χ1) is 11.6. The van der Waals surface area contributed by atoms with Crippen molar-refractivity contribution < 1.29 is 9.18 Å². The third-order valence-electron chi connectivity index (χ3n) is 5.23. The van der Waals surface area contributed by atoms with E-state index in [1.54, 1.807) is 12.1 Å². The van der Waals surface area contributed by atoms with Crippen LogP contribution >= 0.6 is 24.8 Å². The molecule has 0 saturated carbocycles. The van der Waals surface area contributed by atoms with Gasteiger partial charge in [0.2, 0.25) is 5.91 Å².